The predicted molar refractivity (Wildman–Crippen MR) is 105 cm³/mol. The molecule has 0 aromatic carbocycles. The lowest BCUT2D eigenvalue weighted by molar-refractivity contribution is -0.0835. The summed E-state index contributed by atoms with van der Waals surface area (Å²) in [5.74, 6) is -0.571. The third-order valence-corrected chi connectivity index (χ3v) is 6.07. The Balaban J connectivity index is 2.26. The Morgan fingerprint density at radius 2 is 1.36 bits per heavy atom. The summed E-state index contributed by atoms with van der Waals surface area (Å²) in [7, 11) is -7.89. The highest BCUT2D eigenvalue weighted by atomic mass is 32.2. The average Bonchev–Trinajstić information content (AvgIpc) is 2.60. The molecular formula is C17H34O9S2. The molecule has 2 N–H and O–H groups in total. The highest BCUT2D eigenvalue weighted by Gasteiger charge is 2.17. The molecule has 9 nitrogen and oxygen atoms in total. The highest BCUT2D eigenvalue weighted by Crippen LogP contribution is 2.20. The van der Waals surface area contributed by atoms with E-state index in [1.165, 1.54) is 6.42 Å². The third kappa shape index (κ3) is 15.6. The lowest BCUT2D eigenvalue weighted by atomic mass is 9.98. The molecule has 1 atom stereocenters. The van der Waals surface area contributed by atoms with E-state index in [0.29, 0.717) is 45.5 Å². The fraction of sp³-hybridized carbons (Fsp3) is 1.00. The Hall–Kier alpha value is -0.300. The average molecular weight is 447 g/mol. The van der Waals surface area contributed by atoms with Gasteiger partial charge in [-0.1, -0.05) is 19.3 Å². The molecule has 1 fully saturated rings. The fourth-order valence-corrected chi connectivity index (χ4v) is 4.10. The Labute approximate surface area is 168 Å². The Morgan fingerprint density at radius 3 is 1.93 bits per heavy atom. The molecule has 0 saturated heterocycles. The number of ether oxygens (including phenoxy) is 3. The van der Waals surface area contributed by atoms with E-state index in [4.69, 9.17) is 23.3 Å². The van der Waals surface area contributed by atoms with Gasteiger partial charge in [-0.2, -0.15) is 16.8 Å². The van der Waals surface area contributed by atoms with Gasteiger partial charge in [0.05, 0.1) is 30.8 Å². The molecule has 0 aromatic heterocycles. The van der Waals surface area contributed by atoms with E-state index in [0.717, 1.165) is 25.7 Å². The minimum atomic E-state index is -3.95. The number of hydrogen-bond donors (Lipinski definition) is 2. The molecular weight excluding hydrogens is 412 g/mol. The molecule has 0 aliphatic heterocycles. The second-order valence-corrected chi connectivity index (χ2v) is 10.3. The van der Waals surface area contributed by atoms with E-state index in [2.05, 4.69) is 0 Å². The molecule has 1 saturated carbocycles. The molecule has 1 unspecified atom stereocenters. The zero-order valence-electron chi connectivity index (χ0n) is 16.3. The normalized spacial score (nSPS) is 17.6. The van der Waals surface area contributed by atoms with Crippen LogP contribution in [0.5, 0.6) is 0 Å². The molecule has 0 aromatic rings. The Kier molecular flexibility index (Phi) is 12.7. The van der Waals surface area contributed by atoms with Gasteiger partial charge < -0.3 is 14.2 Å². The zero-order chi connectivity index (χ0) is 20.9. The first kappa shape index (κ1) is 25.7. The van der Waals surface area contributed by atoms with Crippen molar-refractivity contribution in [1.29, 1.82) is 0 Å². The summed E-state index contributed by atoms with van der Waals surface area (Å²) in [6, 6.07) is 0. The van der Waals surface area contributed by atoms with Gasteiger partial charge in [-0.25, -0.2) is 0 Å². The van der Waals surface area contributed by atoms with E-state index < -0.39 is 20.2 Å². The van der Waals surface area contributed by atoms with Gasteiger partial charge >= 0.3 is 0 Å². The Morgan fingerprint density at radius 1 is 0.786 bits per heavy atom. The van der Waals surface area contributed by atoms with Crippen LogP contribution in [-0.4, -0.2) is 76.1 Å². The minimum Gasteiger partial charge on any atom is -0.379 e. The second-order valence-electron chi connectivity index (χ2n) is 7.15. The van der Waals surface area contributed by atoms with Gasteiger partial charge in [0.15, 0.2) is 0 Å². The van der Waals surface area contributed by atoms with Crippen LogP contribution >= 0.6 is 0 Å². The van der Waals surface area contributed by atoms with E-state index in [1.54, 1.807) is 0 Å². The lowest BCUT2D eigenvalue weighted by Crippen LogP contribution is -2.30. The van der Waals surface area contributed by atoms with Gasteiger partial charge in [0, 0.05) is 13.2 Å². The lowest BCUT2D eigenvalue weighted by Gasteiger charge is -2.25. The van der Waals surface area contributed by atoms with Gasteiger partial charge in [-0.3, -0.25) is 9.11 Å². The van der Waals surface area contributed by atoms with Crippen LogP contribution in [0.15, 0.2) is 0 Å². The van der Waals surface area contributed by atoms with E-state index in [1.807, 2.05) is 0 Å². The van der Waals surface area contributed by atoms with Crippen LogP contribution in [0, 0.1) is 0 Å². The smallest absolute Gasteiger partial charge is 0.264 e. The van der Waals surface area contributed by atoms with Crippen LogP contribution in [0.25, 0.3) is 0 Å². The summed E-state index contributed by atoms with van der Waals surface area (Å²) in [5.41, 5.74) is 0. The summed E-state index contributed by atoms with van der Waals surface area (Å²) < 4.78 is 77.4. The predicted octanol–water partition coefficient (Wildman–Crippen LogP) is 2.07. The minimum absolute atomic E-state index is 0.231. The largest absolute Gasteiger partial charge is 0.379 e. The van der Waals surface area contributed by atoms with E-state index in [-0.39, 0.29) is 30.3 Å². The van der Waals surface area contributed by atoms with Crippen molar-refractivity contribution in [3.05, 3.63) is 0 Å². The van der Waals surface area contributed by atoms with Crippen LogP contribution in [0.4, 0.5) is 0 Å². The maximum atomic E-state index is 10.7. The van der Waals surface area contributed by atoms with Gasteiger partial charge in [0.25, 0.3) is 20.2 Å². The summed E-state index contributed by atoms with van der Waals surface area (Å²) >= 11 is 0. The third-order valence-electron chi connectivity index (χ3n) is 4.46. The summed E-state index contributed by atoms with van der Waals surface area (Å²) in [6.45, 7) is 1.35. The first-order valence-corrected chi connectivity index (χ1v) is 13.1. The first-order chi connectivity index (χ1) is 13.2. The zero-order valence-corrected chi connectivity index (χ0v) is 18.0. The molecule has 1 aliphatic carbocycles. The molecule has 168 valence electrons. The maximum Gasteiger partial charge on any atom is 0.264 e. The molecule has 1 rings (SSSR count). The van der Waals surface area contributed by atoms with Crippen LogP contribution < -0.4 is 0 Å². The van der Waals surface area contributed by atoms with Crippen molar-refractivity contribution in [2.75, 3.05) is 37.9 Å². The summed E-state index contributed by atoms with van der Waals surface area (Å²) in [6.07, 6.45) is 7.20. The highest BCUT2D eigenvalue weighted by molar-refractivity contribution is 7.86. The molecule has 0 amide bonds. The van der Waals surface area contributed by atoms with Gasteiger partial charge in [0.2, 0.25) is 0 Å². The topological polar surface area (TPSA) is 136 Å². The maximum absolute atomic E-state index is 10.7. The second kappa shape index (κ2) is 13.8. The standard InChI is InChI=1S/C17H34O9S2/c18-27(19,20)12-6-4-10-24-14-17(15-26-16-8-2-1-3-9-16)25-11-5-7-13-28(21,22)23/h16-17H,1-15H2,(H,18,19,20)(H,21,22,23). The Bertz CT molecular complexity index is 598. The molecule has 0 radical (unpaired) electrons. The number of rotatable bonds is 16. The fourth-order valence-electron chi connectivity index (χ4n) is 2.96. The van der Waals surface area contributed by atoms with Crippen LogP contribution in [0.2, 0.25) is 0 Å². The molecule has 1 aliphatic rings. The van der Waals surface area contributed by atoms with Crippen LogP contribution in [-0.2, 0) is 34.4 Å². The summed E-state index contributed by atoms with van der Waals surface area (Å²) in [4.78, 5) is 0. The number of unbranched alkanes of at least 4 members (excludes halogenated alkanes) is 2. The van der Waals surface area contributed by atoms with Gasteiger partial charge in [0.1, 0.15) is 6.10 Å². The van der Waals surface area contributed by atoms with Gasteiger partial charge in [-0.05, 0) is 38.5 Å². The summed E-state index contributed by atoms with van der Waals surface area (Å²) in [5, 5.41) is 0. The van der Waals surface area contributed by atoms with Crippen molar-refractivity contribution in [2.45, 2.75) is 70.0 Å². The molecule has 0 heterocycles. The number of hydrogen-bond acceptors (Lipinski definition) is 7. The van der Waals surface area contributed by atoms with Crippen molar-refractivity contribution in [3.8, 4) is 0 Å². The molecule has 11 heteroatoms. The van der Waals surface area contributed by atoms with Crippen molar-refractivity contribution >= 4 is 20.2 Å². The van der Waals surface area contributed by atoms with Crippen molar-refractivity contribution < 1.29 is 40.2 Å². The first-order valence-electron chi connectivity index (χ1n) is 9.87. The molecule has 0 spiro atoms. The van der Waals surface area contributed by atoms with Crippen molar-refractivity contribution in [3.63, 3.8) is 0 Å². The van der Waals surface area contributed by atoms with Crippen LogP contribution in [0.3, 0.4) is 0 Å². The molecule has 28 heavy (non-hydrogen) atoms. The quantitative estimate of drug-likeness (QED) is 0.270. The van der Waals surface area contributed by atoms with Crippen molar-refractivity contribution in [2.24, 2.45) is 0 Å². The van der Waals surface area contributed by atoms with E-state index in [9.17, 15) is 16.8 Å². The van der Waals surface area contributed by atoms with E-state index >= 15 is 0 Å². The molecule has 0 bridgehead atoms. The van der Waals surface area contributed by atoms with Crippen LogP contribution in [0.1, 0.15) is 57.8 Å². The monoisotopic (exact) mass is 446 g/mol. The van der Waals surface area contributed by atoms with Gasteiger partial charge in [-0.15, -0.1) is 0 Å². The van der Waals surface area contributed by atoms with Crippen molar-refractivity contribution in [1.82, 2.24) is 0 Å². The SMILES string of the molecule is O=S(=O)(O)CCCCOCC(COC1CCCCC1)OCCCCS(=O)(=O)O.